The number of hydrogen-bond acceptors (Lipinski definition) is 3. The van der Waals surface area contributed by atoms with Gasteiger partial charge < -0.3 is 4.57 Å². The third-order valence-electron chi connectivity index (χ3n) is 10.7. The fourth-order valence-corrected chi connectivity index (χ4v) is 7.77. The van der Waals surface area contributed by atoms with E-state index in [1.54, 1.807) is 0 Å². The molecule has 0 aliphatic carbocycles. The van der Waals surface area contributed by atoms with Gasteiger partial charge in [-0.2, -0.15) is 13.2 Å². The van der Waals surface area contributed by atoms with Crippen molar-refractivity contribution in [1.82, 2.24) is 19.5 Å². The predicted octanol–water partition coefficient (Wildman–Crippen LogP) is 14.0. The van der Waals surface area contributed by atoms with Crippen LogP contribution in [0.5, 0.6) is 0 Å². The first-order chi connectivity index (χ1) is 28.9. The average molecular weight is 771 g/mol. The van der Waals surface area contributed by atoms with Gasteiger partial charge in [-0.3, -0.25) is 0 Å². The van der Waals surface area contributed by atoms with Crippen LogP contribution < -0.4 is 0 Å². The third kappa shape index (κ3) is 6.83. The summed E-state index contributed by atoms with van der Waals surface area (Å²) in [5.41, 5.74) is 10.2. The highest BCUT2D eigenvalue weighted by molar-refractivity contribution is 6.12. The molecule has 59 heavy (non-hydrogen) atoms. The van der Waals surface area contributed by atoms with Crippen LogP contribution in [0.25, 0.3) is 95.0 Å². The van der Waals surface area contributed by atoms with Crippen LogP contribution in [-0.2, 0) is 6.18 Å². The average Bonchev–Trinajstić information content (AvgIpc) is 3.62. The molecule has 2 aromatic heterocycles. The molecule has 0 unspecified atom stereocenters. The molecule has 10 rings (SSSR count). The fraction of sp³-hybridized carbons (Fsp3) is 0.0192. The van der Waals surface area contributed by atoms with Crippen LogP contribution >= 0.6 is 0 Å². The van der Waals surface area contributed by atoms with E-state index in [0.29, 0.717) is 23.0 Å². The third-order valence-corrected chi connectivity index (χ3v) is 10.7. The largest absolute Gasteiger partial charge is 0.416 e. The molecule has 0 fully saturated rings. The number of rotatable bonds is 7. The van der Waals surface area contributed by atoms with Crippen molar-refractivity contribution in [1.29, 1.82) is 0 Å². The first-order valence-electron chi connectivity index (χ1n) is 19.3. The van der Waals surface area contributed by atoms with Crippen LogP contribution in [-0.4, -0.2) is 19.5 Å². The van der Waals surface area contributed by atoms with Crippen LogP contribution in [0.1, 0.15) is 5.56 Å². The van der Waals surface area contributed by atoms with Gasteiger partial charge in [0.1, 0.15) is 0 Å². The minimum absolute atomic E-state index is 0.462. The zero-order valence-electron chi connectivity index (χ0n) is 31.5. The van der Waals surface area contributed by atoms with Gasteiger partial charge in [0.15, 0.2) is 17.5 Å². The van der Waals surface area contributed by atoms with Gasteiger partial charge in [0.25, 0.3) is 0 Å². The van der Waals surface area contributed by atoms with Gasteiger partial charge in [-0.1, -0.05) is 152 Å². The van der Waals surface area contributed by atoms with Crippen molar-refractivity contribution in [2.45, 2.75) is 6.18 Å². The van der Waals surface area contributed by atoms with Crippen LogP contribution in [0.15, 0.2) is 200 Å². The highest BCUT2D eigenvalue weighted by Gasteiger charge is 2.30. The van der Waals surface area contributed by atoms with E-state index in [4.69, 9.17) is 15.0 Å². The molecular formula is C52H33F3N4. The summed E-state index contributed by atoms with van der Waals surface area (Å²) in [4.78, 5) is 15.2. The van der Waals surface area contributed by atoms with Crippen LogP contribution in [0, 0.1) is 0 Å². The van der Waals surface area contributed by atoms with Crippen molar-refractivity contribution >= 4 is 21.8 Å². The molecule has 0 atom stereocenters. The summed E-state index contributed by atoms with van der Waals surface area (Å²) in [6.07, 6.45) is -4.45. The molecule has 0 aliphatic rings. The maximum absolute atomic E-state index is 13.7. The fourth-order valence-electron chi connectivity index (χ4n) is 7.77. The highest BCUT2D eigenvalue weighted by atomic mass is 19.4. The van der Waals surface area contributed by atoms with Gasteiger partial charge in [0.2, 0.25) is 0 Å². The molecule has 0 saturated heterocycles. The quantitative estimate of drug-likeness (QED) is 0.162. The summed E-state index contributed by atoms with van der Waals surface area (Å²) in [5.74, 6) is 1.51. The smallest absolute Gasteiger partial charge is 0.308 e. The summed E-state index contributed by atoms with van der Waals surface area (Å²) in [6, 6.07) is 64.5. The van der Waals surface area contributed by atoms with Crippen molar-refractivity contribution in [3.63, 3.8) is 0 Å². The summed E-state index contributed by atoms with van der Waals surface area (Å²) in [5, 5.41) is 2.10. The van der Waals surface area contributed by atoms with E-state index in [-0.39, 0.29) is 0 Å². The second kappa shape index (κ2) is 14.7. The van der Waals surface area contributed by atoms with Gasteiger partial charge in [-0.25, -0.2) is 15.0 Å². The Hall–Kier alpha value is -7.64. The van der Waals surface area contributed by atoms with Crippen molar-refractivity contribution in [3.8, 4) is 73.2 Å². The Morgan fingerprint density at radius 2 is 0.712 bits per heavy atom. The molecule has 0 spiro atoms. The van der Waals surface area contributed by atoms with Crippen molar-refractivity contribution in [2.75, 3.05) is 0 Å². The van der Waals surface area contributed by atoms with E-state index in [1.807, 2.05) is 115 Å². The van der Waals surface area contributed by atoms with E-state index < -0.39 is 11.7 Å². The molecule has 0 amide bonds. The van der Waals surface area contributed by atoms with E-state index in [0.717, 1.165) is 84.1 Å². The van der Waals surface area contributed by atoms with E-state index in [1.165, 1.54) is 12.1 Å². The number of hydrogen-bond donors (Lipinski definition) is 0. The Labute approximate surface area is 338 Å². The van der Waals surface area contributed by atoms with Crippen molar-refractivity contribution in [2.24, 2.45) is 0 Å². The molecule has 4 nitrogen and oxygen atoms in total. The first kappa shape index (κ1) is 35.8. The first-order valence-corrected chi connectivity index (χ1v) is 19.3. The molecule has 0 aliphatic heterocycles. The second-order valence-corrected chi connectivity index (χ2v) is 14.4. The second-order valence-electron chi connectivity index (χ2n) is 14.4. The molecular weight excluding hydrogens is 738 g/mol. The zero-order chi connectivity index (χ0) is 39.9. The van der Waals surface area contributed by atoms with Gasteiger partial charge >= 0.3 is 6.18 Å². The number of halogens is 3. The lowest BCUT2D eigenvalue weighted by atomic mass is 10.00. The highest BCUT2D eigenvalue weighted by Crippen LogP contribution is 2.41. The molecule has 10 aromatic rings. The lowest BCUT2D eigenvalue weighted by Gasteiger charge is -2.17. The molecule has 0 radical (unpaired) electrons. The number of aromatic nitrogens is 4. The van der Waals surface area contributed by atoms with Crippen LogP contribution in [0.4, 0.5) is 13.2 Å². The number of nitrogens with zero attached hydrogens (tertiary/aromatic N) is 4. The zero-order valence-corrected chi connectivity index (χ0v) is 31.5. The maximum Gasteiger partial charge on any atom is 0.416 e. The Balaban J connectivity index is 1.27. The number of fused-ring (bicyclic) bond motifs is 3. The van der Waals surface area contributed by atoms with Gasteiger partial charge in [0.05, 0.1) is 22.3 Å². The lowest BCUT2D eigenvalue weighted by Crippen LogP contribution is -2.05. The Bertz CT molecular complexity index is 2950. The minimum atomic E-state index is -4.45. The molecule has 7 heteroatoms. The SMILES string of the molecule is FC(F)(F)c1ccc(-c2ccc(-c3nc(-c4ccccc4)nc(-c4ccccc4)n3)c(-n3c4ccc(-c5ccccc5)cc4c4cc(-c5ccccc5)ccc43)c2)cc1. The Morgan fingerprint density at radius 1 is 0.339 bits per heavy atom. The van der Waals surface area contributed by atoms with Crippen molar-refractivity contribution < 1.29 is 13.2 Å². The number of alkyl halides is 3. The van der Waals surface area contributed by atoms with Gasteiger partial charge in [-0.15, -0.1) is 0 Å². The summed E-state index contributed by atoms with van der Waals surface area (Å²) < 4.78 is 43.2. The summed E-state index contributed by atoms with van der Waals surface area (Å²) in [7, 11) is 0. The molecule has 0 saturated carbocycles. The topological polar surface area (TPSA) is 43.6 Å². The lowest BCUT2D eigenvalue weighted by molar-refractivity contribution is -0.137. The Kier molecular flexibility index (Phi) is 8.91. The van der Waals surface area contributed by atoms with Gasteiger partial charge in [0, 0.05) is 27.5 Å². The van der Waals surface area contributed by atoms with Crippen LogP contribution in [0.2, 0.25) is 0 Å². The molecule has 2 heterocycles. The summed E-state index contributed by atoms with van der Waals surface area (Å²) in [6.45, 7) is 0. The van der Waals surface area contributed by atoms with E-state index >= 15 is 0 Å². The molecule has 0 bridgehead atoms. The van der Waals surface area contributed by atoms with Crippen LogP contribution in [0.3, 0.4) is 0 Å². The Morgan fingerprint density at radius 3 is 1.17 bits per heavy atom. The van der Waals surface area contributed by atoms with E-state index in [9.17, 15) is 13.2 Å². The normalized spacial score (nSPS) is 11.6. The molecule has 8 aromatic carbocycles. The van der Waals surface area contributed by atoms with Gasteiger partial charge in [-0.05, 0) is 81.9 Å². The molecule has 282 valence electrons. The maximum atomic E-state index is 13.7. The number of benzene rings is 8. The standard InChI is InChI=1S/C52H33F3N4/c53-52(54,55)42-26-21-36(22-27-42)41-23-28-43(51-57-49(37-17-9-3-10-18-37)56-50(58-51)38-19-11-4-12-20-38)48(33-41)59-46-29-24-39(34-13-5-1-6-14-34)31-44(46)45-32-40(25-30-47(45)59)35-15-7-2-8-16-35/h1-33H. The predicted molar refractivity (Wildman–Crippen MR) is 232 cm³/mol. The van der Waals surface area contributed by atoms with Crippen molar-refractivity contribution in [3.05, 3.63) is 206 Å². The minimum Gasteiger partial charge on any atom is -0.308 e. The summed E-state index contributed by atoms with van der Waals surface area (Å²) >= 11 is 0. The van der Waals surface area contributed by atoms with E-state index in [2.05, 4.69) is 65.2 Å². The monoisotopic (exact) mass is 770 g/mol. The molecule has 0 N–H and O–H groups in total.